The fourth-order valence-electron chi connectivity index (χ4n) is 2.51. The second kappa shape index (κ2) is 7.05. The maximum atomic E-state index is 12.3. The molecule has 0 unspecified atom stereocenters. The summed E-state index contributed by atoms with van der Waals surface area (Å²) in [5, 5.41) is 8.73. The van der Waals surface area contributed by atoms with E-state index in [1.807, 2.05) is 18.2 Å². The molecule has 2 aromatic carbocycles. The average molecular weight is 381 g/mol. The molecule has 134 valence electrons. The molecule has 0 aliphatic rings. The van der Waals surface area contributed by atoms with E-state index in [1.54, 1.807) is 48.3 Å². The van der Waals surface area contributed by atoms with Gasteiger partial charge in [0.1, 0.15) is 5.75 Å². The maximum absolute atomic E-state index is 12.3. The highest BCUT2D eigenvalue weighted by Crippen LogP contribution is 2.26. The second-order valence-electron chi connectivity index (χ2n) is 5.57. The van der Waals surface area contributed by atoms with E-state index in [0.29, 0.717) is 10.6 Å². The summed E-state index contributed by atoms with van der Waals surface area (Å²) in [6.07, 6.45) is 1.57. The van der Waals surface area contributed by atoms with Crippen molar-refractivity contribution in [3.8, 4) is 34.4 Å². The lowest BCUT2D eigenvalue weighted by Gasteiger charge is -2.06. The van der Waals surface area contributed by atoms with Gasteiger partial charge in [0.15, 0.2) is 5.69 Å². The minimum absolute atomic E-state index is 0.0257. The number of hydrogen-bond donors (Lipinski definition) is 0. The molecule has 0 atom stereocenters. The zero-order valence-corrected chi connectivity index (χ0v) is 14.9. The van der Waals surface area contributed by atoms with Crippen molar-refractivity contribution in [2.75, 3.05) is 7.11 Å². The fraction of sp³-hybridized carbons (Fsp3) is 0.0526. The smallest absolute Gasteiger partial charge is 0.282 e. The summed E-state index contributed by atoms with van der Waals surface area (Å²) in [6, 6.07) is 15.8. The third kappa shape index (κ3) is 3.32. The Morgan fingerprint density at radius 3 is 2.59 bits per heavy atom. The average Bonchev–Trinajstić information content (AvgIpc) is 3.18. The van der Waals surface area contributed by atoms with Gasteiger partial charge in [-0.3, -0.25) is 4.79 Å². The van der Waals surface area contributed by atoms with Gasteiger partial charge in [0.25, 0.3) is 5.89 Å². The van der Waals surface area contributed by atoms with Crippen LogP contribution in [0, 0.1) is 0 Å². The predicted octanol–water partition coefficient (Wildman–Crippen LogP) is 3.61. The highest BCUT2D eigenvalue weighted by atomic mass is 35.5. The number of ether oxygens (including phenoxy) is 1. The lowest BCUT2D eigenvalue weighted by Crippen LogP contribution is -2.12. The van der Waals surface area contributed by atoms with Gasteiger partial charge in [0, 0.05) is 17.8 Å². The predicted molar refractivity (Wildman–Crippen MR) is 100 cm³/mol. The zero-order chi connectivity index (χ0) is 18.8. The summed E-state index contributed by atoms with van der Waals surface area (Å²) in [5.41, 5.74) is 1.09. The molecule has 4 aromatic rings. The van der Waals surface area contributed by atoms with E-state index in [4.69, 9.17) is 20.9 Å². The molecular formula is C19H13ClN4O3. The Morgan fingerprint density at radius 1 is 1.07 bits per heavy atom. The van der Waals surface area contributed by atoms with Gasteiger partial charge in [-0.05, 0) is 36.4 Å². The Labute approximate surface area is 158 Å². The molecule has 0 saturated carbocycles. The van der Waals surface area contributed by atoms with E-state index in [-0.39, 0.29) is 22.8 Å². The highest BCUT2D eigenvalue weighted by Gasteiger charge is 2.17. The highest BCUT2D eigenvalue weighted by molar-refractivity contribution is 6.33. The molecule has 0 saturated heterocycles. The van der Waals surface area contributed by atoms with Crippen LogP contribution < -0.4 is 10.2 Å². The van der Waals surface area contributed by atoms with Crippen LogP contribution in [0.1, 0.15) is 0 Å². The molecule has 2 heterocycles. The van der Waals surface area contributed by atoms with E-state index in [2.05, 4.69) is 15.2 Å². The Morgan fingerprint density at radius 2 is 1.85 bits per heavy atom. The quantitative estimate of drug-likeness (QED) is 0.537. The van der Waals surface area contributed by atoms with Crippen LogP contribution in [0.3, 0.4) is 0 Å². The van der Waals surface area contributed by atoms with Crippen molar-refractivity contribution in [3.63, 3.8) is 0 Å². The van der Waals surface area contributed by atoms with Gasteiger partial charge in [0.05, 0.1) is 17.8 Å². The summed E-state index contributed by atoms with van der Waals surface area (Å²) in [4.78, 5) is 16.5. The van der Waals surface area contributed by atoms with Crippen LogP contribution >= 0.6 is 11.6 Å². The first-order chi connectivity index (χ1) is 13.2. The molecule has 0 amide bonds. The molecule has 0 N–H and O–H groups in total. The van der Waals surface area contributed by atoms with E-state index in [0.717, 1.165) is 11.4 Å². The molecule has 7 nitrogen and oxygen atoms in total. The molecular weight excluding hydrogens is 368 g/mol. The maximum Gasteiger partial charge on any atom is 0.282 e. The zero-order valence-electron chi connectivity index (χ0n) is 14.2. The van der Waals surface area contributed by atoms with Crippen molar-refractivity contribution < 1.29 is 9.26 Å². The van der Waals surface area contributed by atoms with Crippen molar-refractivity contribution in [1.82, 2.24) is 19.9 Å². The largest absolute Gasteiger partial charge is 0.497 e. The molecule has 27 heavy (non-hydrogen) atoms. The van der Waals surface area contributed by atoms with E-state index in [1.165, 1.54) is 6.07 Å². The van der Waals surface area contributed by atoms with Crippen LogP contribution in [0.15, 0.2) is 70.1 Å². The number of nitrogens with zero attached hydrogens (tertiary/aromatic N) is 4. The number of rotatable bonds is 4. The molecule has 0 spiro atoms. The monoisotopic (exact) mass is 380 g/mol. The Bertz CT molecular complexity index is 1150. The number of aromatic nitrogens is 4. The SMILES string of the molecule is COc1ccc(-n2ccc(=O)c(-c3nc(-c4ccccc4Cl)no3)n2)cc1. The Balaban J connectivity index is 1.74. The van der Waals surface area contributed by atoms with Gasteiger partial charge in [-0.15, -0.1) is 0 Å². The van der Waals surface area contributed by atoms with Gasteiger partial charge in [0.2, 0.25) is 11.3 Å². The topological polar surface area (TPSA) is 83.0 Å². The normalized spacial score (nSPS) is 10.7. The van der Waals surface area contributed by atoms with Gasteiger partial charge in [-0.2, -0.15) is 10.1 Å². The number of benzene rings is 2. The van der Waals surface area contributed by atoms with Crippen LogP contribution in [0.4, 0.5) is 0 Å². The van der Waals surface area contributed by atoms with Crippen molar-refractivity contribution in [1.29, 1.82) is 0 Å². The Hall–Kier alpha value is -3.45. The van der Waals surface area contributed by atoms with E-state index >= 15 is 0 Å². The molecule has 2 aromatic heterocycles. The van der Waals surface area contributed by atoms with Gasteiger partial charge in [-0.1, -0.05) is 28.9 Å². The standard InChI is InChI=1S/C19H13ClN4O3/c1-26-13-8-6-12(7-9-13)24-11-10-16(25)17(22-24)19-21-18(23-27-19)14-4-2-3-5-15(14)20/h2-11H,1H3. The first-order valence-electron chi connectivity index (χ1n) is 7.99. The molecule has 0 aliphatic carbocycles. The van der Waals surface area contributed by atoms with Crippen molar-refractivity contribution in [3.05, 3.63) is 76.0 Å². The molecule has 0 bridgehead atoms. The van der Waals surface area contributed by atoms with E-state index < -0.39 is 0 Å². The molecule has 0 fully saturated rings. The van der Waals surface area contributed by atoms with Crippen LogP contribution in [-0.4, -0.2) is 27.0 Å². The number of hydrogen-bond acceptors (Lipinski definition) is 6. The van der Waals surface area contributed by atoms with Gasteiger partial charge < -0.3 is 9.26 Å². The molecule has 8 heteroatoms. The lowest BCUT2D eigenvalue weighted by atomic mass is 10.2. The Kier molecular flexibility index (Phi) is 4.43. The van der Waals surface area contributed by atoms with Crippen LogP contribution in [0.5, 0.6) is 5.75 Å². The molecule has 0 radical (unpaired) electrons. The summed E-state index contributed by atoms with van der Waals surface area (Å²) in [5.74, 6) is 1.04. The third-order valence-electron chi connectivity index (χ3n) is 3.89. The summed E-state index contributed by atoms with van der Waals surface area (Å²) in [7, 11) is 1.59. The second-order valence-corrected chi connectivity index (χ2v) is 5.98. The van der Waals surface area contributed by atoms with E-state index in [9.17, 15) is 4.79 Å². The van der Waals surface area contributed by atoms with Gasteiger partial charge >= 0.3 is 0 Å². The van der Waals surface area contributed by atoms with Crippen molar-refractivity contribution in [2.24, 2.45) is 0 Å². The molecule has 0 aliphatic heterocycles. The van der Waals surface area contributed by atoms with Crippen LogP contribution in [-0.2, 0) is 0 Å². The van der Waals surface area contributed by atoms with Crippen LogP contribution in [0.2, 0.25) is 5.02 Å². The first-order valence-corrected chi connectivity index (χ1v) is 8.37. The van der Waals surface area contributed by atoms with Crippen LogP contribution in [0.25, 0.3) is 28.7 Å². The number of halogens is 1. The fourth-order valence-corrected chi connectivity index (χ4v) is 2.73. The van der Waals surface area contributed by atoms with Gasteiger partial charge in [-0.25, -0.2) is 4.68 Å². The number of methoxy groups -OCH3 is 1. The summed E-state index contributed by atoms with van der Waals surface area (Å²) < 4.78 is 12.0. The molecule has 4 rings (SSSR count). The summed E-state index contributed by atoms with van der Waals surface area (Å²) >= 11 is 6.16. The first kappa shape index (κ1) is 17.0. The lowest BCUT2D eigenvalue weighted by molar-refractivity contribution is 0.414. The minimum Gasteiger partial charge on any atom is -0.497 e. The minimum atomic E-state index is -0.325. The third-order valence-corrected chi connectivity index (χ3v) is 4.22. The van der Waals surface area contributed by atoms with Crippen molar-refractivity contribution in [2.45, 2.75) is 0 Å². The van der Waals surface area contributed by atoms with Crippen molar-refractivity contribution >= 4 is 11.6 Å². The summed E-state index contributed by atoms with van der Waals surface area (Å²) in [6.45, 7) is 0.